The van der Waals surface area contributed by atoms with Crippen molar-refractivity contribution in [3.8, 4) is 33.8 Å². The Morgan fingerprint density at radius 2 is 0.843 bits per heavy atom. The maximum Gasteiger partial charge on any atom is 0.344 e. The van der Waals surface area contributed by atoms with E-state index in [9.17, 15) is 0 Å². The molecule has 3 heteroatoms. The second-order valence-electron chi connectivity index (χ2n) is 14.8. The first-order valence-corrected chi connectivity index (χ1v) is 18.6. The second kappa shape index (κ2) is 12.3. The number of nitrogens with zero attached hydrogens (tertiary/aromatic N) is 3. The van der Waals surface area contributed by atoms with Gasteiger partial charge < -0.3 is 0 Å². The van der Waals surface area contributed by atoms with Gasteiger partial charge in [-0.25, -0.2) is 0 Å². The van der Waals surface area contributed by atoms with Gasteiger partial charge in [0.05, 0.1) is 11.1 Å². The van der Waals surface area contributed by atoms with Crippen LogP contribution in [-0.2, 0) is 45.2 Å². The van der Waals surface area contributed by atoms with Crippen LogP contribution in [0.2, 0.25) is 0 Å². The zero-order chi connectivity index (χ0) is 33.9. The van der Waals surface area contributed by atoms with Gasteiger partial charge >= 0.3 is 6.67 Å². The molecule has 0 aliphatic carbocycles. The molecule has 0 amide bonds. The molecule has 4 aliphatic rings. The minimum absolute atomic E-state index is 0.0895. The van der Waals surface area contributed by atoms with Crippen LogP contribution >= 0.6 is 0 Å². The van der Waals surface area contributed by atoms with Gasteiger partial charge in [-0.3, -0.25) is 0 Å². The van der Waals surface area contributed by atoms with E-state index in [2.05, 4.69) is 167 Å². The Kier molecular flexibility index (Phi) is 7.27. The lowest BCUT2D eigenvalue weighted by atomic mass is 9.92. The lowest BCUT2D eigenvalue weighted by Gasteiger charge is -2.15. The predicted molar refractivity (Wildman–Crippen MR) is 202 cm³/mol. The van der Waals surface area contributed by atoms with Crippen molar-refractivity contribution in [1.29, 1.82) is 0 Å². The van der Waals surface area contributed by atoms with Crippen molar-refractivity contribution in [3.05, 3.63) is 196 Å². The van der Waals surface area contributed by atoms with E-state index < -0.39 is 0 Å². The zero-order valence-corrected chi connectivity index (χ0v) is 29.2. The predicted octanol–water partition coefficient (Wildman–Crippen LogP) is 8.30. The molecule has 0 N–H and O–H groups in total. The zero-order valence-electron chi connectivity index (χ0n) is 29.2. The van der Waals surface area contributed by atoms with E-state index in [1.165, 1.54) is 83.8 Å². The largest absolute Gasteiger partial charge is 0.344 e. The quantitative estimate of drug-likeness (QED) is 0.157. The van der Waals surface area contributed by atoms with Crippen molar-refractivity contribution >= 4 is 0 Å². The van der Waals surface area contributed by atoms with Crippen LogP contribution in [0.1, 0.15) is 56.1 Å². The van der Waals surface area contributed by atoms with Gasteiger partial charge in [0.15, 0.2) is 18.6 Å². The van der Waals surface area contributed by atoms with E-state index in [4.69, 9.17) is 0 Å². The molecule has 4 aliphatic heterocycles. The molecule has 0 saturated heterocycles. The number of aromatic nitrogens is 3. The van der Waals surface area contributed by atoms with Gasteiger partial charge in [-0.2, -0.15) is 4.57 Å². The average molecular weight is 661 g/mol. The summed E-state index contributed by atoms with van der Waals surface area (Å²) < 4.78 is 7.57. The Hall–Kier alpha value is -5.67. The summed E-state index contributed by atoms with van der Waals surface area (Å²) in [6.45, 7) is 2.95. The highest BCUT2D eigenvalue weighted by molar-refractivity contribution is 5.70. The van der Waals surface area contributed by atoms with Gasteiger partial charge in [-0.1, -0.05) is 72.8 Å². The van der Waals surface area contributed by atoms with Gasteiger partial charge in [0.2, 0.25) is 23.1 Å². The molecular weight excluding hydrogens is 619 g/mol. The third-order valence-electron chi connectivity index (χ3n) is 11.5. The molecule has 7 aromatic rings. The lowest BCUT2D eigenvalue weighted by Crippen LogP contribution is -2.54. The van der Waals surface area contributed by atoms with Crippen molar-refractivity contribution in [3.63, 3.8) is 0 Å². The van der Waals surface area contributed by atoms with Crippen LogP contribution < -0.4 is 13.7 Å². The standard InChI is InChI=1S/C48H42N3/c1-33-8-2-3-9-40(33)45-23-20-34-14-17-37-26-38-18-15-35-21-24-46(50(30-35)32-49(45)29-34)41-10-4-6-12-43(41)48-44-13-7-5-11-42(44)47-25-22-36(31-51(47)48)16-19-39(27-37)28-38/h2-13,20-31,48H,14-19,32H2,1H3/q+3. The van der Waals surface area contributed by atoms with Gasteiger partial charge in [0.25, 0.3) is 0 Å². The first-order chi connectivity index (χ1) is 25.1. The summed E-state index contributed by atoms with van der Waals surface area (Å²) in [4.78, 5) is 0. The molecular formula is C48H42N3+3. The molecule has 0 spiro atoms. The number of hydrogen-bond donors (Lipinski definition) is 0. The van der Waals surface area contributed by atoms with Crippen LogP contribution in [0.5, 0.6) is 0 Å². The smallest absolute Gasteiger partial charge is 0.186 e. The molecule has 0 radical (unpaired) electrons. The number of pyridine rings is 3. The molecule has 7 heterocycles. The normalized spacial score (nSPS) is 15.6. The van der Waals surface area contributed by atoms with Crippen molar-refractivity contribution in [2.45, 2.75) is 58.2 Å². The minimum atomic E-state index is 0.0895. The van der Waals surface area contributed by atoms with E-state index in [0.717, 1.165) is 45.2 Å². The van der Waals surface area contributed by atoms with E-state index in [0.29, 0.717) is 0 Å². The number of hydrogen-bond acceptors (Lipinski definition) is 0. The molecule has 1 atom stereocenters. The number of rotatable bonds is 1. The van der Waals surface area contributed by atoms with Crippen molar-refractivity contribution in [2.24, 2.45) is 0 Å². The first-order valence-electron chi connectivity index (χ1n) is 18.6. The Labute approximate surface area is 300 Å². The summed E-state index contributed by atoms with van der Waals surface area (Å²) in [5.74, 6) is 0. The molecule has 246 valence electrons. The van der Waals surface area contributed by atoms with Crippen LogP contribution in [0.3, 0.4) is 0 Å². The van der Waals surface area contributed by atoms with Crippen LogP contribution in [0.25, 0.3) is 33.8 Å². The third kappa shape index (κ3) is 5.40. The molecule has 0 saturated carbocycles. The van der Waals surface area contributed by atoms with Gasteiger partial charge in [-0.15, -0.1) is 9.13 Å². The monoisotopic (exact) mass is 660 g/mol. The van der Waals surface area contributed by atoms with E-state index >= 15 is 0 Å². The third-order valence-corrected chi connectivity index (χ3v) is 11.5. The molecule has 4 aromatic carbocycles. The SMILES string of the molecule is Cc1ccccc1-c1ccc2c[n+]1C[n+]1cc3ccc1-c1ccccc1C1c4ccccc4-c4ccc(c[n+]41)CCc1cc(cc(c1)CC3)CC2. The molecule has 3 nitrogen and oxygen atoms in total. The molecule has 3 aromatic heterocycles. The fraction of sp³-hybridized carbons (Fsp3) is 0.188. The second-order valence-corrected chi connectivity index (χ2v) is 14.8. The summed E-state index contributed by atoms with van der Waals surface area (Å²) in [5.41, 5.74) is 20.2. The summed E-state index contributed by atoms with van der Waals surface area (Å²) in [5, 5.41) is 0. The molecule has 10 bridgehead atoms. The van der Waals surface area contributed by atoms with E-state index in [1.54, 1.807) is 0 Å². The fourth-order valence-electron chi connectivity index (χ4n) is 8.93. The number of aryl methyl sites for hydroxylation is 7. The van der Waals surface area contributed by atoms with E-state index in [1.807, 2.05) is 0 Å². The maximum absolute atomic E-state index is 2.56. The van der Waals surface area contributed by atoms with Crippen LogP contribution in [0.4, 0.5) is 0 Å². The Bertz CT molecular complexity index is 2490. The summed E-state index contributed by atoms with van der Waals surface area (Å²) >= 11 is 0. The number of benzene rings is 4. The van der Waals surface area contributed by atoms with E-state index in [-0.39, 0.29) is 6.04 Å². The van der Waals surface area contributed by atoms with Crippen molar-refractivity contribution in [1.82, 2.24) is 0 Å². The highest BCUT2D eigenvalue weighted by Gasteiger charge is 2.40. The maximum atomic E-state index is 2.56. The van der Waals surface area contributed by atoms with Crippen LogP contribution in [0.15, 0.2) is 146 Å². The van der Waals surface area contributed by atoms with Crippen molar-refractivity contribution in [2.75, 3.05) is 0 Å². The van der Waals surface area contributed by atoms with Gasteiger partial charge in [0.1, 0.15) is 0 Å². The highest BCUT2D eigenvalue weighted by atomic mass is 15.2. The van der Waals surface area contributed by atoms with Crippen molar-refractivity contribution < 1.29 is 13.7 Å². The average Bonchev–Trinajstić information content (AvgIpc) is 3.49. The van der Waals surface area contributed by atoms with Gasteiger partial charge in [0, 0.05) is 51.6 Å². The Morgan fingerprint density at radius 1 is 0.412 bits per heavy atom. The Balaban J connectivity index is 1.25. The number of fused-ring (bicyclic) bond motifs is 7. The Morgan fingerprint density at radius 3 is 1.41 bits per heavy atom. The highest BCUT2D eigenvalue weighted by Crippen LogP contribution is 2.40. The summed E-state index contributed by atoms with van der Waals surface area (Å²) in [6.07, 6.45) is 13.5. The summed E-state index contributed by atoms with van der Waals surface area (Å²) in [6, 6.07) is 48.7. The first kappa shape index (κ1) is 30.2. The lowest BCUT2D eigenvalue weighted by molar-refractivity contribution is -0.903. The summed E-state index contributed by atoms with van der Waals surface area (Å²) in [7, 11) is 0. The van der Waals surface area contributed by atoms with Crippen LogP contribution in [0, 0.1) is 6.92 Å². The molecule has 0 fully saturated rings. The minimum Gasteiger partial charge on any atom is -0.186 e. The van der Waals surface area contributed by atoms with Gasteiger partial charge in [-0.05, 0) is 104 Å². The molecule has 51 heavy (non-hydrogen) atoms. The molecule has 11 rings (SSSR count). The fourth-order valence-corrected chi connectivity index (χ4v) is 8.93. The molecule has 1 unspecified atom stereocenters. The topological polar surface area (TPSA) is 11.6 Å². The van der Waals surface area contributed by atoms with Crippen LogP contribution in [-0.4, -0.2) is 0 Å².